The summed E-state index contributed by atoms with van der Waals surface area (Å²) in [5.74, 6) is 0.474. The molecule has 138 valence electrons. The Bertz CT molecular complexity index is 380. The Labute approximate surface area is 144 Å². The lowest BCUT2D eigenvalue weighted by atomic mass is 9.87. The van der Waals surface area contributed by atoms with Gasteiger partial charge in [0.25, 0.3) is 6.08 Å². The van der Waals surface area contributed by atoms with Gasteiger partial charge in [-0.25, -0.2) is 0 Å². The van der Waals surface area contributed by atoms with Gasteiger partial charge in [0.15, 0.2) is 6.29 Å². The molecule has 0 atom stereocenters. The van der Waals surface area contributed by atoms with Crippen molar-refractivity contribution in [1.29, 1.82) is 0 Å². The average molecular weight is 344 g/mol. The summed E-state index contributed by atoms with van der Waals surface area (Å²) < 4.78 is 41.8. The number of hydrogen-bond donors (Lipinski definition) is 0. The molecule has 1 aliphatic heterocycles. The number of halogens is 2. The molecule has 0 N–H and O–H groups in total. The SMILES string of the molecule is C=CCCC1OCC(CCCOC2CCC(C=C(F)F)CC2)CO1. The Balaban J connectivity index is 1.49. The fraction of sp³-hybridized carbons (Fsp3) is 0.789. The molecule has 5 heteroatoms. The van der Waals surface area contributed by atoms with Gasteiger partial charge in [0, 0.05) is 18.9 Å². The summed E-state index contributed by atoms with van der Waals surface area (Å²) in [4.78, 5) is 0. The molecule has 3 nitrogen and oxygen atoms in total. The van der Waals surface area contributed by atoms with E-state index >= 15 is 0 Å². The van der Waals surface area contributed by atoms with Crippen LogP contribution in [0.5, 0.6) is 0 Å². The number of ether oxygens (including phenoxy) is 3. The molecule has 0 bridgehead atoms. The summed E-state index contributed by atoms with van der Waals surface area (Å²) in [5, 5.41) is 0. The minimum Gasteiger partial charge on any atom is -0.378 e. The summed E-state index contributed by atoms with van der Waals surface area (Å²) in [6.07, 6.45) is 8.79. The number of rotatable bonds is 9. The van der Waals surface area contributed by atoms with Crippen molar-refractivity contribution >= 4 is 0 Å². The van der Waals surface area contributed by atoms with Crippen LogP contribution in [-0.2, 0) is 14.2 Å². The highest BCUT2D eigenvalue weighted by molar-refractivity contribution is 4.91. The summed E-state index contributed by atoms with van der Waals surface area (Å²) in [6, 6.07) is 0. The van der Waals surface area contributed by atoms with Crippen molar-refractivity contribution < 1.29 is 23.0 Å². The third-order valence-electron chi connectivity index (χ3n) is 4.83. The third kappa shape index (κ3) is 7.41. The Kier molecular flexibility index (Phi) is 8.92. The Morgan fingerprint density at radius 3 is 2.42 bits per heavy atom. The second-order valence-electron chi connectivity index (χ2n) is 6.83. The Hall–Kier alpha value is -0.780. The van der Waals surface area contributed by atoms with Crippen LogP contribution in [-0.4, -0.2) is 32.2 Å². The van der Waals surface area contributed by atoms with Crippen LogP contribution in [0, 0.1) is 11.8 Å². The molecule has 0 aromatic rings. The van der Waals surface area contributed by atoms with Crippen LogP contribution in [0.1, 0.15) is 51.4 Å². The monoisotopic (exact) mass is 344 g/mol. The second-order valence-corrected chi connectivity index (χ2v) is 6.83. The van der Waals surface area contributed by atoms with E-state index in [1.165, 1.54) is 0 Å². The molecule has 0 unspecified atom stereocenters. The molecule has 0 radical (unpaired) electrons. The standard InChI is InChI=1S/C19H30F2O3/c1-2-3-6-19-23-13-16(14-24-19)5-4-11-22-17-9-7-15(8-10-17)12-18(20)21/h2,12,15-17,19H,1,3-11,13-14H2. The maximum atomic E-state index is 12.2. The van der Waals surface area contributed by atoms with Crippen molar-refractivity contribution in [3.05, 3.63) is 24.8 Å². The molecule has 1 saturated heterocycles. The molecule has 1 saturated carbocycles. The largest absolute Gasteiger partial charge is 0.378 e. The van der Waals surface area contributed by atoms with E-state index in [-0.39, 0.29) is 18.3 Å². The lowest BCUT2D eigenvalue weighted by Gasteiger charge is -2.30. The van der Waals surface area contributed by atoms with E-state index in [0.717, 1.165) is 77.3 Å². The van der Waals surface area contributed by atoms with E-state index in [2.05, 4.69) is 6.58 Å². The van der Waals surface area contributed by atoms with Crippen molar-refractivity contribution in [2.24, 2.45) is 11.8 Å². The first-order valence-corrected chi connectivity index (χ1v) is 9.16. The summed E-state index contributed by atoms with van der Waals surface area (Å²) >= 11 is 0. The maximum absolute atomic E-state index is 12.2. The van der Waals surface area contributed by atoms with E-state index in [0.29, 0.717) is 5.92 Å². The van der Waals surface area contributed by atoms with Gasteiger partial charge in [0.2, 0.25) is 0 Å². The zero-order chi connectivity index (χ0) is 17.2. The fourth-order valence-electron chi connectivity index (χ4n) is 3.39. The quantitative estimate of drug-likeness (QED) is 0.431. The van der Waals surface area contributed by atoms with Gasteiger partial charge in [-0.3, -0.25) is 0 Å². The predicted molar refractivity (Wildman–Crippen MR) is 89.8 cm³/mol. The lowest BCUT2D eigenvalue weighted by Crippen LogP contribution is -2.32. The lowest BCUT2D eigenvalue weighted by molar-refractivity contribution is -0.203. The second kappa shape index (κ2) is 11.0. The molecular weight excluding hydrogens is 314 g/mol. The first kappa shape index (κ1) is 19.5. The summed E-state index contributed by atoms with van der Waals surface area (Å²) in [5.41, 5.74) is 0. The van der Waals surface area contributed by atoms with E-state index in [1.54, 1.807) is 0 Å². The molecule has 1 aliphatic carbocycles. The number of allylic oxidation sites excluding steroid dienone is 2. The molecule has 1 heterocycles. The highest BCUT2D eigenvalue weighted by Crippen LogP contribution is 2.28. The van der Waals surface area contributed by atoms with Gasteiger partial charge in [0.1, 0.15) is 0 Å². The number of hydrogen-bond acceptors (Lipinski definition) is 3. The summed E-state index contributed by atoms with van der Waals surface area (Å²) in [6.45, 7) is 5.96. The van der Waals surface area contributed by atoms with Gasteiger partial charge in [-0.05, 0) is 56.9 Å². The minimum absolute atomic E-state index is 0.0282. The molecule has 2 fully saturated rings. The fourth-order valence-corrected chi connectivity index (χ4v) is 3.39. The minimum atomic E-state index is -1.55. The van der Waals surface area contributed by atoms with Crippen LogP contribution >= 0.6 is 0 Å². The first-order valence-electron chi connectivity index (χ1n) is 9.16. The Morgan fingerprint density at radius 1 is 1.08 bits per heavy atom. The smallest absolute Gasteiger partial charge is 0.266 e. The zero-order valence-corrected chi connectivity index (χ0v) is 14.4. The van der Waals surface area contributed by atoms with Gasteiger partial charge < -0.3 is 14.2 Å². The van der Waals surface area contributed by atoms with Crippen LogP contribution in [0.15, 0.2) is 24.8 Å². The van der Waals surface area contributed by atoms with Crippen molar-refractivity contribution in [1.82, 2.24) is 0 Å². The first-order chi connectivity index (χ1) is 11.7. The van der Waals surface area contributed by atoms with Crippen LogP contribution in [0.25, 0.3) is 0 Å². The topological polar surface area (TPSA) is 27.7 Å². The molecule has 0 aromatic carbocycles. The Morgan fingerprint density at radius 2 is 1.79 bits per heavy atom. The van der Waals surface area contributed by atoms with Crippen molar-refractivity contribution in [3.8, 4) is 0 Å². The predicted octanol–water partition coefficient (Wildman–Crippen LogP) is 5.08. The average Bonchev–Trinajstić information content (AvgIpc) is 2.59. The van der Waals surface area contributed by atoms with Gasteiger partial charge in [0.05, 0.1) is 19.3 Å². The van der Waals surface area contributed by atoms with Crippen LogP contribution in [0.3, 0.4) is 0 Å². The van der Waals surface area contributed by atoms with Crippen molar-refractivity contribution in [2.75, 3.05) is 19.8 Å². The van der Waals surface area contributed by atoms with E-state index in [1.807, 2.05) is 6.08 Å². The van der Waals surface area contributed by atoms with Gasteiger partial charge in [-0.2, -0.15) is 8.78 Å². The highest BCUT2D eigenvalue weighted by atomic mass is 19.3. The third-order valence-corrected chi connectivity index (χ3v) is 4.83. The van der Waals surface area contributed by atoms with Crippen LogP contribution < -0.4 is 0 Å². The molecular formula is C19H30F2O3. The van der Waals surface area contributed by atoms with Crippen molar-refractivity contribution in [3.63, 3.8) is 0 Å². The van der Waals surface area contributed by atoms with Gasteiger partial charge >= 0.3 is 0 Å². The zero-order valence-electron chi connectivity index (χ0n) is 14.4. The molecule has 24 heavy (non-hydrogen) atoms. The maximum Gasteiger partial charge on any atom is 0.266 e. The molecule has 0 amide bonds. The van der Waals surface area contributed by atoms with Crippen LogP contribution in [0.4, 0.5) is 8.78 Å². The van der Waals surface area contributed by atoms with Crippen molar-refractivity contribution in [2.45, 2.75) is 63.8 Å². The van der Waals surface area contributed by atoms with E-state index < -0.39 is 6.08 Å². The van der Waals surface area contributed by atoms with E-state index in [9.17, 15) is 8.78 Å². The van der Waals surface area contributed by atoms with Gasteiger partial charge in [-0.1, -0.05) is 6.08 Å². The summed E-state index contributed by atoms with van der Waals surface area (Å²) in [7, 11) is 0. The normalized spacial score (nSPS) is 30.8. The van der Waals surface area contributed by atoms with Crippen LogP contribution in [0.2, 0.25) is 0 Å². The molecule has 2 aliphatic rings. The molecule has 2 rings (SSSR count). The molecule has 0 spiro atoms. The van der Waals surface area contributed by atoms with Gasteiger partial charge in [-0.15, -0.1) is 6.58 Å². The van der Waals surface area contributed by atoms with E-state index in [4.69, 9.17) is 14.2 Å². The highest BCUT2D eigenvalue weighted by Gasteiger charge is 2.23. The molecule has 0 aromatic heterocycles.